The van der Waals surface area contributed by atoms with Gasteiger partial charge < -0.3 is 125 Å². The van der Waals surface area contributed by atoms with Crippen LogP contribution in [0.4, 0.5) is 0 Å². The number of hydrogen-bond acceptors (Lipinski definition) is 22. The molecule has 14 amide bonds. The van der Waals surface area contributed by atoms with Crippen LogP contribution in [-0.2, 0) is 80.0 Å². The second kappa shape index (κ2) is 54.3. The number of phenolic OH excluding ortho intramolecular Hbond substituents is 1. The number of nitrogens with one attached hydrogen (secondary N) is 12. The third-order valence-electron chi connectivity index (χ3n) is 18.8. The first-order chi connectivity index (χ1) is 56.2. The number of nitrogens with zero attached hydrogens (tertiary/aromatic N) is 4. The highest BCUT2D eigenvalue weighted by molar-refractivity contribution is 8.16. The van der Waals surface area contributed by atoms with Gasteiger partial charge in [0.25, 0.3) is 0 Å². The number of hydrogen-bond donors (Lipinski definition) is 22. The first kappa shape index (κ1) is 99.6. The van der Waals surface area contributed by atoms with Gasteiger partial charge in [-0.25, -0.2) is 0 Å². The molecule has 31 N–H and O–H groups in total. The molecule has 11 atom stereocenters. The third kappa shape index (κ3) is 39.0. The van der Waals surface area contributed by atoms with Crippen LogP contribution in [0.25, 0.3) is 0 Å². The zero-order valence-corrected chi connectivity index (χ0v) is 69.5. The molecule has 0 aliphatic carbocycles. The van der Waals surface area contributed by atoms with Crippen LogP contribution in [0.15, 0.2) is 69.6 Å². The molecule has 2 aromatic carbocycles. The van der Waals surface area contributed by atoms with Crippen LogP contribution in [0.1, 0.15) is 148 Å². The molecule has 0 radical (unpaired) electrons. The number of unbranched alkanes of at least 4 members (excludes halogenated alkanes) is 2. The smallest absolute Gasteiger partial charge is 0.245 e. The topological polar surface area (TPSA) is 678 Å². The molecule has 2 heterocycles. The van der Waals surface area contributed by atoms with E-state index in [1.54, 1.807) is 44.2 Å². The summed E-state index contributed by atoms with van der Waals surface area (Å²) in [5, 5.41) is 42.4. The van der Waals surface area contributed by atoms with E-state index in [0.717, 1.165) is 11.8 Å². The van der Waals surface area contributed by atoms with Gasteiger partial charge in [-0.2, -0.15) is 11.8 Å². The van der Waals surface area contributed by atoms with E-state index in [9.17, 15) is 53.1 Å². The Morgan fingerprint density at radius 1 is 0.508 bits per heavy atom. The highest BCUT2D eigenvalue weighted by Gasteiger charge is 2.41. The lowest BCUT2D eigenvalue weighted by atomic mass is 10.00. The van der Waals surface area contributed by atoms with Crippen LogP contribution in [0, 0.1) is 11.8 Å². The maximum Gasteiger partial charge on any atom is 0.245 e. The summed E-state index contributed by atoms with van der Waals surface area (Å²) in [6.07, 6.45) is 1.92. The van der Waals surface area contributed by atoms with E-state index in [2.05, 4.69) is 78.8 Å². The van der Waals surface area contributed by atoms with Crippen LogP contribution in [0.5, 0.6) is 5.75 Å². The maximum atomic E-state index is 15.3. The van der Waals surface area contributed by atoms with Gasteiger partial charge in [0.15, 0.2) is 17.9 Å². The Balaban J connectivity index is 1.83. The average molecular weight is 1690 g/mol. The number of carbonyl (C=O) groups excluding carboxylic acids is 14. The summed E-state index contributed by atoms with van der Waals surface area (Å²) in [5.74, 6) is -12.6. The van der Waals surface area contributed by atoms with Gasteiger partial charge in [0.2, 0.25) is 82.7 Å². The second-order valence-corrected chi connectivity index (χ2v) is 32.2. The van der Waals surface area contributed by atoms with E-state index >= 15 is 19.2 Å². The monoisotopic (exact) mass is 1690 g/mol. The van der Waals surface area contributed by atoms with Crippen LogP contribution in [0.3, 0.4) is 0 Å². The molecule has 2 saturated heterocycles. The number of guanidine groups is 3. The van der Waals surface area contributed by atoms with Crippen LogP contribution in [0.2, 0.25) is 0 Å². The summed E-state index contributed by atoms with van der Waals surface area (Å²) >= 11 is 2.35. The fourth-order valence-corrected chi connectivity index (χ4v) is 14.9. The van der Waals surface area contributed by atoms with Crippen molar-refractivity contribution in [2.75, 3.05) is 68.9 Å². The number of rotatable bonds is 38. The predicted molar refractivity (Wildman–Crippen MR) is 450 cm³/mol. The number of carbonyl (C=O) groups is 14. The zero-order chi connectivity index (χ0) is 87.2. The molecule has 2 aliphatic heterocycles. The fraction of sp³-hybridized carbons (Fsp3) is 0.618. The number of phenols is 1. The molecule has 2 fully saturated rings. The van der Waals surface area contributed by atoms with Gasteiger partial charge in [-0.3, -0.25) is 82.1 Å². The fourth-order valence-electron chi connectivity index (χ4n) is 12.7. The quantitative estimate of drug-likeness (QED) is 0.0170. The number of thioether (sulfide) groups is 2. The number of likely N-dealkylation sites (tertiary alicyclic amines) is 1. The molecular formula is C76H125N25O15S2. The molecule has 42 heteroatoms. The lowest BCUT2D eigenvalue weighted by Crippen LogP contribution is -2.61. The lowest BCUT2D eigenvalue weighted by Gasteiger charge is -2.31. The molecule has 0 bridgehead atoms. The van der Waals surface area contributed by atoms with Crippen LogP contribution in [-0.4, -0.2) is 246 Å². The largest absolute Gasteiger partial charge is 0.508 e. The molecule has 0 aromatic heterocycles. The molecule has 0 unspecified atom stereocenters. The molecule has 0 saturated carbocycles. The molecule has 2 aromatic rings. The third-order valence-corrected chi connectivity index (χ3v) is 21.2. The van der Waals surface area contributed by atoms with E-state index in [4.69, 9.17) is 51.6 Å². The summed E-state index contributed by atoms with van der Waals surface area (Å²) in [7, 11) is 0. The van der Waals surface area contributed by atoms with E-state index in [1.165, 1.54) is 40.9 Å². The standard InChI is InChI=1S/C76H125N25O15S2/c1-44(2)36-54(68(111)93-49(63(79)106)18-8-10-29-77)98-66(109)50(19-9-11-30-78)96-72(115)59-23-15-34-101(59)73(116)53(22-14-33-88-76(84)85)97-71(114)58-42-118-43-117-35-28-60(103)91-56(39-47-24-26-48(102)27-25-47)64(107)90-40-61(104)89-41-62(105)92-57(38-46-16-6-5-7-17-46)70(113)99-55(37-45(3)4)69(112)95-51(20-12-31-86-74(80)81)65(108)94-52(67(110)100-58)21-13-32-87-75(82)83/h5-7,16-17,24-27,44-45,49-59,102H,8-15,18-23,28-43,77-78H2,1-4H3,(H2,79,106)(H,89,104)(H,90,107)(H,91,103)(H,92,105)(H,93,111)(H,94,108)(H,95,112)(H,96,115)(H,97,114)(H,98,109)(H,99,113)(H,100,110)(H4,80,81,86)(H4,82,83,87)(H4,84,85,88)/t49-,50-,51-,52-,53-,54-,55-,56-,57-,58-,59-/m0/s1. The first-order valence-electron chi connectivity index (χ1n) is 39.9. The Hall–Kier alpha value is -10.7. The van der Waals surface area contributed by atoms with Crippen molar-refractivity contribution in [2.45, 2.75) is 216 Å². The number of aliphatic imine (C=N–C) groups is 3. The minimum Gasteiger partial charge on any atom is -0.508 e. The van der Waals surface area contributed by atoms with Crippen molar-refractivity contribution >= 4 is 124 Å². The Morgan fingerprint density at radius 3 is 1.58 bits per heavy atom. The van der Waals surface area contributed by atoms with Crippen molar-refractivity contribution in [1.29, 1.82) is 0 Å². The van der Waals surface area contributed by atoms with E-state index in [0.29, 0.717) is 49.8 Å². The minimum absolute atomic E-state index is 0.000717. The Morgan fingerprint density at radius 2 is 1.01 bits per heavy atom. The van der Waals surface area contributed by atoms with Crippen molar-refractivity contribution in [3.63, 3.8) is 0 Å². The molecule has 0 spiro atoms. The molecule has 40 nitrogen and oxygen atoms in total. The van der Waals surface area contributed by atoms with Gasteiger partial charge in [0.05, 0.1) is 13.1 Å². The Bertz CT molecular complexity index is 3700. The van der Waals surface area contributed by atoms with E-state index in [1.807, 2.05) is 13.8 Å². The summed E-state index contributed by atoms with van der Waals surface area (Å²) in [6, 6.07) is -0.388. The van der Waals surface area contributed by atoms with E-state index < -0.39 is 162 Å². The first-order valence-corrected chi connectivity index (χ1v) is 42.2. The number of benzene rings is 2. The SMILES string of the molecule is CC(C)C[C@H](NC(=O)[C@H](CCCCN)NC(=O)[C@@H]1CCCN1C(=O)[C@H](CCCN=C(N)N)NC(=O)[C@@H]1CSCSCCC(=O)N[C@@H](Cc2ccc(O)cc2)C(=O)NCC(=O)NCC(=O)N[C@@H](Cc2ccccc2)C(=O)N[C@@H](CC(C)C)C(=O)N[C@@H](CCCN=C(N)N)C(=O)N[C@@H](CCCN=C(N)N)C(=O)N1)C(=O)N[C@@H](CCCCN)C(N)=O. The van der Waals surface area contributed by atoms with Crippen molar-refractivity contribution in [3.05, 3.63) is 65.7 Å². The molecule has 2 aliphatic rings. The van der Waals surface area contributed by atoms with E-state index in [-0.39, 0.29) is 175 Å². The molecule has 656 valence electrons. The van der Waals surface area contributed by atoms with Gasteiger partial charge in [-0.15, -0.1) is 11.8 Å². The van der Waals surface area contributed by atoms with Gasteiger partial charge >= 0.3 is 0 Å². The van der Waals surface area contributed by atoms with Gasteiger partial charge in [-0.05, 0) is 151 Å². The Kier molecular flexibility index (Phi) is 45.8. The highest BCUT2D eigenvalue weighted by Crippen LogP contribution is 2.23. The van der Waals surface area contributed by atoms with Crippen molar-refractivity contribution in [1.82, 2.24) is 68.7 Å². The normalized spacial score (nSPS) is 20.3. The van der Waals surface area contributed by atoms with Gasteiger partial charge in [-0.1, -0.05) is 70.2 Å². The lowest BCUT2D eigenvalue weighted by molar-refractivity contribution is -0.142. The van der Waals surface area contributed by atoms with Crippen molar-refractivity contribution in [2.24, 2.45) is 78.4 Å². The van der Waals surface area contributed by atoms with Crippen molar-refractivity contribution < 1.29 is 72.2 Å². The minimum atomic E-state index is -1.57. The van der Waals surface area contributed by atoms with Gasteiger partial charge in [0, 0.05) is 62.0 Å². The number of aromatic hydroxyl groups is 1. The zero-order valence-electron chi connectivity index (χ0n) is 67.9. The summed E-state index contributed by atoms with van der Waals surface area (Å²) in [5.41, 5.74) is 52.4. The number of primary amides is 1. The van der Waals surface area contributed by atoms with Crippen LogP contribution >= 0.6 is 23.5 Å². The molecular weight excluding hydrogens is 1570 g/mol. The molecule has 118 heavy (non-hydrogen) atoms. The summed E-state index contributed by atoms with van der Waals surface area (Å²) < 4.78 is 0. The predicted octanol–water partition coefficient (Wildman–Crippen LogP) is -4.93. The molecule has 4 rings (SSSR count). The number of nitrogens with two attached hydrogens (primary N) is 9. The maximum absolute atomic E-state index is 15.3. The number of amides is 14. The van der Waals surface area contributed by atoms with Crippen molar-refractivity contribution in [3.8, 4) is 5.75 Å². The average Bonchev–Trinajstić information content (AvgIpc) is 1.62. The highest BCUT2D eigenvalue weighted by atomic mass is 32.2. The summed E-state index contributed by atoms with van der Waals surface area (Å²) in [4.78, 5) is 214. The Labute approximate surface area is 696 Å². The summed E-state index contributed by atoms with van der Waals surface area (Å²) in [6.45, 7) is 6.35. The second-order valence-electron chi connectivity index (χ2n) is 29.7. The van der Waals surface area contributed by atoms with Crippen LogP contribution < -0.4 is 115 Å². The van der Waals surface area contributed by atoms with Gasteiger partial charge in [0.1, 0.15) is 72.2 Å².